The van der Waals surface area contributed by atoms with E-state index in [1.807, 2.05) is 20.9 Å². The van der Waals surface area contributed by atoms with Crippen LogP contribution in [0.15, 0.2) is 10.5 Å². The van der Waals surface area contributed by atoms with E-state index in [2.05, 4.69) is 11.4 Å². The summed E-state index contributed by atoms with van der Waals surface area (Å²) in [5, 5.41) is 3.40. The first-order chi connectivity index (χ1) is 8.70. The Bertz CT molecular complexity index is 367. The van der Waals surface area contributed by atoms with Crippen molar-refractivity contribution in [1.29, 1.82) is 0 Å². The Hall–Kier alpha value is -0.800. The van der Waals surface area contributed by atoms with Crippen LogP contribution < -0.4 is 5.32 Å². The zero-order chi connectivity index (χ0) is 13.0. The van der Waals surface area contributed by atoms with Crippen LogP contribution in [0, 0.1) is 13.8 Å². The molecule has 0 bridgehead atoms. The SMILES string of the molecule is CNC(CCCC1CCCO1)c1cc(C)oc1C. The van der Waals surface area contributed by atoms with Crippen molar-refractivity contribution in [2.24, 2.45) is 0 Å². The Labute approximate surface area is 110 Å². The quantitative estimate of drug-likeness (QED) is 0.840. The number of hydrogen-bond donors (Lipinski definition) is 1. The van der Waals surface area contributed by atoms with Gasteiger partial charge in [-0.05, 0) is 59.1 Å². The van der Waals surface area contributed by atoms with Crippen LogP contribution in [0.4, 0.5) is 0 Å². The zero-order valence-corrected chi connectivity index (χ0v) is 11.8. The molecule has 0 aliphatic carbocycles. The molecule has 1 aliphatic rings. The first-order valence-electron chi connectivity index (χ1n) is 7.06. The van der Waals surface area contributed by atoms with E-state index in [1.165, 1.54) is 31.2 Å². The van der Waals surface area contributed by atoms with Gasteiger partial charge in [0.05, 0.1) is 6.10 Å². The van der Waals surface area contributed by atoms with Gasteiger partial charge in [-0.2, -0.15) is 0 Å². The van der Waals surface area contributed by atoms with Crippen molar-refractivity contribution < 1.29 is 9.15 Å². The smallest absolute Gasteiger partial charge is 0.105 e. The normalized spacial score (nSPS) is 21.4. The minimum absolute atomic E-state index is 0.406. The molecule has 1 fully saturated rings. The maximum absolute atomic E-state index is 5.66. The Kier molecular flexibility index (Phi) is 4.84. The first kappa shape index (κ1) is 13.6. The molecule has 2 rings (SSSR count). The highest BCUT2D eigenvalue weighted by molar-refractivity contribution is 5.23. The van der Waals surface area contributed by atoms with Crippen LogP contribution in [0.5, 0.6) is 0 Å². The van der Waals surface area contributed by atoms with Gasteiger partial charge in [-0.1, -0.05) is 0 Å². The Balaban J connectivity index is 1.83. The summed E-state index contributed by atoms with van der Waals surface area (Å²) < 4.78 is 11.3. The summed E-state index contributed by atoms with van der Waals surface area (Å²) in [5.41, 5.74) is 1.31. The molecule has 0 amide bonds. The molecular formula is C15H25NO2. The van der Waals surface area contributed by atoms with E-state index < -0.39 is 0 Å². The molecule has 2 heterocycles. The van der Waals surface area contributed by atoms with Gasteiger partial charge in [-0.25, -0.2) is 0 Å². The average Bonchev–Trinajstić information content (AvgIpc) is 2.95. The van der Waals surface area contributed by atoms with Crippen molar-refractivity contribution >= 4 is 0 Å². The molecule has 1 aromatic heterocycles. The number of aryl methyl sites for hydroxylation is 2. The summed E-state index contributed by atoms with van der Waals surface area (Å²) in [6.45, 7) is 5.02. The molecule has 18 heavy (non-hydrogen) atoms. The molecule has 1 saturated heterocycles. The van der Waals surface area contributed by atoms with Gasteiger partial charge in [-0.3, -0.25) is 0 Å². The fourth-order valence-electron chi connectivity index (χ4n) is 2.87. The fraction of sp³-hybridized carbons (Fsp3) is 0.733. The van der Waals surface area contributed by atoms with Gasteiger partial charge in [0.1, 0.15) is 11.5 Å². The topological polar surface area (TPSA) is 34.4 Å². The molecule has 0 aromatic carbocycles. The van der Waals surface area contributed by atoms with E-state index >= 15 is 0 Å². The summed E-state index contributed by atoms with van der Waals surface area (Å²) in [6, 6.07) is 2.56. The van der Waals surface area contributed by atoms with E-state index in [9.17, 15) is 0 Å². The summed E-state index contributed by atoms with van der Waals surface area (Å²) in [7, 11) is 2.03. The summed E-state index contributed by atoms with van der Waals surface area (Å²) in [5.74, 6) is 2.05. The molecule has 2 atom stereocenters. The van der Waals surface area contributed by atoms with Crippen LogP contribution in [-0.4, -0.2) is 19.8 Å². The summed E-state index contributed by atoms with van der Waals surface area (Å²) in [4.78, 5) is 0. The van der Waals surface area contributed by atoms with Crippen molar-refractivity contribution in [3.05, 3.63) is 23.2 Å². The van der Waals surface area contributed by atoms with Crippen LogP contribution in [0.1, 0.15) is 55.2 Å². The van der Waals surface area contributed by atoms with E-state index in [-0.39, 0.29) is 0 Å². The average molecular weight is 251 g/mol. The van der Waals surface area contributed by atoms with Gasteiger partial charge >= 0.3 is 0 Å². The minimum Gasteiger partial charge on any atom is -0.466 e. The third-order valence-corrected chi connectivity index (χ3v) is 3.85. The number of hydrogen-bond acceptors (Lipinski definition) is 3. The van der Waals surface area contributed by atoms with Crippen LogP contribution in [0.2, 0.25) is 0 Å². The molecule has 0 spiro atoms. The predicted octanol–water partition coefficient (Wildman–Crippen LogP) is 3.51. The molecule has 3 nitrogen and oxygen atoms in total. The lowest BCUT2D eigenvalue weighted by Crippen LogP contribution is -2.17. The molecule has 1 N–H and O–H groups in total. The second-order valence-corrected chi connectivity index (χ2v) is 5.28. The molecule has 1 aromatic rings. The van der Waals surface area contributed by atoms with Crippen molar-refractivity contribution in [3.63, 3.8) is 0 Å². The second-order valence-electron chi connectivity index (χ2n) is 5.28. The molecule has 0 saturated carbocycles. The summed E-state index contributed by atoms with van der Waals surface area (Å²) in [6.07, 6.45) is 6.54. The van der Waals surface area contributed by atoms with Gasteiger partial charge in [0, 0.05) is 18.2 Å². The maximum atomic E-state index is 5.66. The molecule has 0 radical (unpaired) electrons. The maximum Gasteiger partial charge on any atom is 0.105 e. The van der Waals surface area contributed by atoms with Crippen molar-refractivity contribution in [2.75, 3.05) is 13.7 Å². The third-order valence-electron chi connectivity index (χ3n) is 3.85. The van der Waals surface area contributed by atoms with Gasteiger partial charge < -0.3 is 14.5 Å². The second kappa shape index (κ2) is 6.39. The first-order valence-corrected chi connectivity index (χ1v) is 7.06. The van der Waals surface area contributed by atoms with Crippen LogP contribution in [0.3, 0.4) is 0 Å². The molecule has 3 heteroatoms. The van der Waals surface area contributed by atoms with Crippen LogP contribution >= 0.6 is 0 Å². The lowest BCUT2D eigenvalue weighted by atomic mass is 9.99. The van der Waals surface area contributed by atoms with Crippen molar-refractivity contribution in [3.8, 4) is 0 Å². The molecule has 1 aliphatic heterocycles. The van der Waals surface area contributed by atoms with Gasteiger partial charge in [0.15, 0.2) is 0 Å². The predicted molar refractivity (Wildman–Crippen MR) is 72.8 cm³/mol. The van der Waals surface area contributed by atoms with E-state index in [4.69, 9.17) is 9.15 Å². The largest absolute Gasteiger partial charge is 0.466 e. The number of nitrogens with one attached hydrogen (secondary N) is 1. The van der Waals surface area contributed by atoms with Gasteiger partial charge in [0.25, 0.3) is 0 Å². The highest BCUT2D eigenvalue weighted by atomic mass is 16.5. The van der Waals surface area contributed by atoms with Crippen LogP contribution in [0.25, 0.3) is 0 Å². The van der Waals surface area contributed by atoms with Crippen molar-refractivity contribution in [1.82, 2.24) is 5.32 Å². The molecule has 2 unspecified atom stereocenters. The number of furan rings is 1. The number of rotatable bonds is 6. The minimum atomic E-state index is 0.406. The fourth-order valence-corrected chi connectivity index (χ4v) is 2.87. The monoisotopic (exact) mass is 251 g/mol. The number of ether oxygens (including phenoxy) is 1. The molecule has 102 valence electrons. The van der Waals surface area contributed by atoms with Gasteiger partial charge in [-0.15, -0.1) is 0 Å². The third kappa shape index (κ3) is 3.36. The van der Waals surface area contributed by atoms with E-state index in [1.54, 1.807) is 0 Å². The Morgan fingerprint density at radius 2 is 2.28 bits per heavy atom. The Morgan fingerprint density at radius 1 is 1.44 bits per heavy atom. The highest BCUT2D eigenvalue weighted by Crippen LogP contribution is 2.27. The molecular weight excluding hydrogens is 226 g/mol. The Morgan fingerprint density at radius 3 is 2.83 bits per heavy atom. The summed E-state index contributed by atoms with van der Waals surface area (Å²) >= 11 is 0. The highest BCUT2D eigenvalue weighted by Gasteiger charge is 2.18. The lowest BCUT2D eigenvalue weighted by Gasteiger charge is -2.16. The van der Waals surface area contributed by atoms with Crippen LogP contribution in [-0.2, 0) is 4.74 Å². The van der Waals surface area contributed by atoms with Gasteiger partial charge in [0.2, 0.25) is 0 Å². The van der Waals surface area contributed by atoms with E-state index in [0.29, 0.717) is 12.1 Å². The lowest BCUT2D eigenvalue weighted by molar-refractivity contribution is 0.101. The van der Waals surface area contributed by atoms with E-state index in [0.717, 1.165) is 24.5 Å². The standard InChI is InChI=1S/C15H25NO2/c1-11-10-14(12(2)18-11)15(16-3)8-4-6-13-7-5-9-17-13/h10,13,15-16H,4-9H2,1-3H3. The zero-order valence-electron chi connectivity index (χ0n) is 11.8. The van der Waals surface area contributed by atoms with Crippen molar-refractivity contribution in [2.45, 2.75) is 58.1 Å².